The van der Waals surface area contributed by atoms with E-state index in [1.165, 1.54) is 6.42 Å². The first-order valence-electron chi connectivity index (χ1n) is 7.15. The van der Waals surface area contributed by atoms with Crippen molar-refractivity contribution >= 4 is 60.8 Å². The second kappa shape index (κ2) is 11.1. The normalized spacial score (nSPS) is 12.8. The molecule has 0 fully saturated rings. The Balaban J connectivity index is -0.000000540. The molecule has 20 heavy (non-hydrogen) atoms. The summed E-state index contributed by atoms with van der Waals surface area (Å²) >= 11 is 0. The Hall–Kier alpha value is 0.511. The van der Waals surface area contributed by atoms with E-state index in [-0.39, 0.29) is 69.5 Å². The molecule has 5 heteroatoms. The summed E-state index contributed by atoms with van der Waals surface area (Å²) in [5.74, 6) is -3.61. The van der Waals surface area contributed by atoms with Gasteiger partial charge in [-0.25, -0.2) is 0 Å². The van der Waals surface area contributed by atoms with E-state index in [0.717, 1.165) is 25.7 Å². The first-order valence-corrected chi connectivity index (χ1v) is 7.15. The van der Waals surface area contributed by atoms with Crippen molar-refractivity contribution < 1.29 is 22.7 Å². The summed E-state index contributed by atoms with van der Waals surface area (Å²) < 4.78 is 0. The summed E-state index contributed by atoms with van der Waals surface area (Å²) in [4.78, 5) is 22.0. The van der Waals surface area contributed by atoms with Crippen LogP contribution in [0.25, 0.3) is 0 Å². The van der Waals surface area contributed by atoms with E-state index < -0.39 is 17.9 Å². The Morgan fingerprint density at radius 3 is 1.90 bits per heavy atom. The summed E-state index contributed by atoms with van der Waals surface area (Å²) in [6, 6.07) is 0. The summed E-state index contributed by atoms with van der Waals surface area (Å²) in [6.45, 7) is 8.31. The SMILES string of the molecule is CCCCCCC(CC(C(=O)O)C(=O)O)C(C)(C)C.[Ba+2].[H-].[H-]. The molecule has 0 saturated carbocycles. The van der Waals surface area contributed by atoms with E-state index in [4.69, 9.17) is 10.2 Å². The van der Waals surface area contributed by atoms with Crippen molar-refractivity contribution in [3.8, 4) is 0 Å². The van der Waals surface area contributed by atoms with E-state index in [0.29, 0.717) is 0 Å². The predicted molar refractivity (Wildman–Crippen MR) is 83.1 cm³/mol. The molecule has 0 aromatic heterocycles. The molecule has 1 unspecified atom stereocenters. The van der Waals surface area contributed by atoms with Crippen LogP contribution in [-0.4, -0.2) is 71.0 Å². The van der Waals surface area contributed by atoms with Crippen molar-refractivity contribution in [1.82, 2.24) is 0 Å². The number of hydrogen-bond donors (Lipinski definition) is 2. The standard InChI is InChI=1S/C15H28O4.Ba.2H/c1-5-6-7-8-9-11(15(2,3)4)10-12(13(16)17)14(18)19;;;/h11-12H,5-10H2,1-4H3,(H,16,17)(H,18,19);;;/q;+2;2*-1. The second-order valence-corrected chi connectivity index (χ2v) is 6.38. The maximum absolute atomic E-state index is 11.0. The monoisotopic (exact) mass is 412 g/mol. The molecule has 0 aliphatic heterocycles. The van der Waals surface area contributed by atoms with Gasteiger partial charge in [-0.1, -0.05) is 53.4 Å². The first-order chi connectivity index (χ1) is 8.70. The van der Waals surface area contributed by atoms with Gasteiger partial charge in [-0.3, -0.25) is 9.59 Å². The molecular formula is C15H30BaO4. The fourth-order valence-corrected chi connectivity index (χ4v) is 2.31. The molecule has 0 spiro atoms. The van der Waals surface area contributed by atoms with E-state index in [9.17, 15) is 9.59 Å². The van der Waals surface area contributed by atoms with Crippen molar-refractivity contribution in [2.75, 3.05) is 0 Å². The van der Waals surface area contributed by atoms with Crippen molar-refractivity contribution in [2.45, 2.75) is 66.2 Å². The Morgan fingerprint density at radius 1 is 1.05 bits per heavy atom. The third kappa shape index (κ3) is 9.45. The van der Waals surface area contributed by atoms with E-state index >= 15 is 0 Å². The van der Waals surface area contributed by atoms with E-state index in [2.05, 4.69) is 27.7 Å². The Labute approximate surface area is 165 Å². The van der Waals surface area contributed by atoms with Gasteiger partial charge in [0.15, 0.2) is 5.92 Å². The molecule has 0 aliphatic rings. The van der Waals surface area contributed by atoms with Gasteiger partial charge in [0.2, 0.25) is 0 Å². The Kier molecular flexibility index (Phi) is 12.7. The van der Waals surface area contributed by atoms with Crippen molar-refractivity contribution in [2.24, 2.45) is 17.3 Å². The maximum Gasteiger partial charge on any atom is 2.00 e. The van der Waals surface area contributed by atoms with Gasteiger partial charge in [0.1, 0.15) is 0 Å². The molecule has 4 nitrogen and oxygen atoms in total. The fourth-order valence-electron chi connectivity index (χ4n) is 2.31. The molecule has 0 amide bonds. The van der Waals surface area contributed by atoms with Gasteiger partial charge in [-0.05, 0) is 24.2 Å². The van der Waals surface area contributed by atoms with Gasteiger partial charge < -0.3 is 13.1 Å². The minimum atomic E-state index is -1.28. The minimum absolute atomic E-state index is 0. The molecule has 1 atom stereocenters. The largest absolute Gasteiger partial charge is 2.00 e. The third-order valence-electron chi connectivity index (χ3n) is 3.75. The van der Waals surface area contributed by atoms with Crippen molar-refractivity contribution in [1.29, 1.82) is 0 Å². The quantitative estimate of drug-likeness (QED) is 0.345. The van der Waals surface area contributed by atoms with Crippen LogP contribution in [0.2, 0.25) is 0 Å². The van der Waals surface area contributed by atoms with Crippen LogP contribution in [0, 0.1) is 17.3 Å². The molecule has 0 aromatic carbocycles. The van der Waals surface area contributed by atoms with Crippen LogP contribution >= 0.6 is 0 Å². The van der Waals surface area contributed by atoms with Crippen LogP contribution in [0.15, 0.2) is 0 Å². The molecule has 0 radical (unpaired) electrons. The average molecular weight is 412 g/mol. The Morgan fingerprint density at radius 2 is 1.55 bits per heavy atom. The smallest absolute Gasteiger partial charge is 1.00 e. The van der Waals surface area contributed by atoms with Crippen molar-refractivity contribution in [3.05, 3.63) is 0 Å². The van der Waals surface area contributed by atoms with Gasteiger partial charge in [0.05, 0.1) is 0 Å². The zero-order chi connectivity index (χ0) is 15.1. The third-order valence-corrected chi connectivity index (χ3v) is 3.75. The van der Waals surface area contributed by atoms with Crippen LogP contribution in [0.4, 0.5) is 0 Å². The van der Waals surface area contributed by atoms with Crippen molar-refractivity contribution in [3.63, 3.8) is 0 Å². The van der Waals surface area contributed by atoms with Gasteiger partial charge in [0, 0.05) is 0 Å². The minimum Gasteiger partial charge on any atom is -1.00 e. The topological polar surface area (TPSA) is 74.6 Å². The number of rotatable bonds is 9. The van der Waals surface area contributed by atoms with Crippen LogP contribution in [-0.2, 0) is 9.59 Å². The van der Waals surface area contributed by atoms with Crippen LogP contribution in [0.5, 0.6) is 0 Å². The Bertz CT molecular complexity index is 292. The number of unbranched alkanes of at least 4 members (excludes halogenated alkanes) is 3. The molecule has 0 heterocycles. The zero-order valence-corrected chi connectivity index (χ0v) is 17.8. The summed E-state index contributed by atoms with van der Waals surface area (Å²) in [5, 5.41) is 18.0. The molecule has 0 bridgehead atoms. The second-order valence-electron chi connectivity index (χ2n) is 6.38. The molecule has 2 N–H and O–H groups in total. The zero-order valence-electron chi connectivity index (χ0n) is 15.3. The molecule has 0 rings (SSSR count). The average Bonchev–Trinajstić information content (AvgIpc) is 2.25. The summed E-state index contributed by atoms with van der Waals surface area (Å²) in [7, 11) is 0. The number of aliphatic carboxylic acids is 2. The number of carboxylic acids is 2. The van der Waals surface area contributed by atoms with E-state index in [1.54, 1.807) is 0 Å². The van der Waals surface area contributed by atoms with Crippen LogP contribution in [0.3, 0.4) is 0 Å². The van der Waals surface area contributed by atoms with Gasteiger partial charge in [0.25, 0.3) is 0 Å². The molecule has 0 aromatic rings. The number of carbonyl (C=O) groups is 2. The van der Waals surface area contributed by atoms with Gasteiger partial charge in [-0.2, -0.15) is 0 Å². The van der Waals surface area contributed by atoms with E-state index in [1.807, 2.05) is 0 Å². The maximum atomic E-state index is 11.0. The number of carboxylic acid groups (broad SMARTS) is 2. The van der Waals surface area contributed by atoms with Gasteiger partial charge >= 0.3 is 60.8 Å². The van der Waals surface area contributed by atoms with Gasteiger partial charge in [-0.15, -0.1) is 0 Å². The first kappa shape index (κ1) is 22.8. The fraction of sp³-hybridized carbons (Fsp3) is 0.867. The molecule has 0 saturated heterocycles. The van der Waals surface area contributed by atoms with Crippen LogP contribution < -0.4 is 0 Å². The molecule has 0 aliphatic carbocycles. The molecule has 116 valence electrons. The van der Waals surface area contributed by atoms with Crippen LogP contribution in [0.1, 0.15) is 69.1 Å². The number of hydrogen-bond acceptors (Lipinski definition) is 2. The summed E-state index contributed by atoms with van der Waals surface area (Å²) in [5.41, 5.74) is -0.0602. The predicted octanol–water partition coefficient (Wildman–Crippen LogP) is 3.64. The molecular weight excluding hydrogens is 381 g/mol. The summed E-state index contributed by atoms with van der Waals surface area (Å²) in [6.07, 6.45) is 5.64.